The highest BCUT2D eigenvalue weighted by Crippen LogP contribution is 2.37. The molecule has 2 aliphatic heterocycles. The Bertz CT molecular complexity index is 1300. The van der Waals surface area contributed by atoms with Gasteiger partial charge in [0.1, 0.15) is 11.4 Å². The Kier molecular flexibility index (Phi) is 4.24. The number of fused-ring (bicyclic) bond motifs is 3. The lowest BCUT2D eigenvalue weighted by atomic mass is 10.00. The Balaban J connectivity index is 1.82. The number of methoxy groups -OCH3 is 1. The van der Waals surface area contributed by atoms with Crippen molar-refractivity contribution < 1.29 is 9.53 Å². The number of nitrogens with one attached hydrogen (secondary N) is 1. The van der Waals surface area contributed by atoms with Crippen molar-refractivity contribution in [2.24, 2.45) is 10.1 Å². The van der Waals surface area contributed by atoms with Crippen LogP contribution in [0.4, 0.5) is 0 Å². The Labute approximate surface area is 171 Å². The third-order valence-corrected chi connectivity index (χ3v) is 5.70. The van der Waals surface area contributed by atoms with Gasteiger partial charge in [0.2, 0.25) is 0 Å². The molecule has 29 heavy (non-hydrogen) atoms. The van der Waals surface area contributed by atoms with Gasteiger partial charge in [-0.2, -0.15) is 0 Å². The topological polar surface area (TPSA) is 66.3 Å². The van der Waals surface area contributed by atoms with Crippen molar-refractivity contribution in [1.29, 1.82) is 0 Å². The Morgan fingerprint density at radius 1 is 1.03 bits per heavy atom. The van der Waals surface area contributed by atoms with Crippen LogP contribution in [0.3, 0.4) is 0 Å². The van der Waals surface area contributed by atoms with E-state index in [2.05, 4.69) is 5.32 Å². The lowest BCUT2D eigenvalue weighted by Crippen LogP contribution is -2.50. The average Bonchev–Trinajstić information content (AvgIpc) is 2.77. The molecule has 3 aromatic carbocycles. The Hall–Kier alpha value is -3.32. The van der Waals surface area contributed by atoms with Crippen LogP contribution >= 0.6 is 11.8 Å². The number of nitrogens with zero attached hydrogens (tertiary/aromatic N) is 3. The SMILES string of the molecule is COc1ccc([C@@H]2N=c3ccccc3=C3C(=O)NC(SC)=NN32)c2ccccc12. The van der Waals surface area contributed by atoms with Crippen LogP contribution < -0.4 is 20.6 Å². The Morgan fingerprint density at radius 2 is 1.79 bits per heavy atom. The van der Waals surface area contributed by atoms with Crippen LogP contribution in [0.2, 0.25) is 0 Å². The fourth-order valence-corrected chi connectivity index (χ4v) is 4.18. The molecule has 6 nitrogen and oxygen atoms in total. The maximum Gasteiger partial charge on any atom is 0.276 e. The normalized spacial score (nSPS) is 17.8. The van der Waals surface area contributed by atoms with E-state index in [-0.39, 0.29) is 5.91 Å². The van der Waals surface area contributed by atoms with E-state index in [1.165, 1.54) is 11.8 Å². The summed E-state index contributed by atoms with van der Waals surface area (Å²) in [5.41, 5.74) is 1.48. The number of hydrazone groups is 1. The molecule has 0 aliphatic carbocycles. The first-order chi connectivity index (χ1) is 14.2. The van der Waals surface area contributed by atoms with Gasteiger partial charge in [0, 0.05) is 16.2 Å². The molecule has 5 rings (SSSR count). The molecule has 0 fully saturated rings. The van der Waals surface area contributed by atoms with Gasteiger partial charge in [0.25, 0.3) is 5.91 Å². The van der Waals surface area contributed by atoms with E-state index in [0.29, 0.717) is 10.9 Å². The summed E-state index contributed by atoms with van der Waals surface area (Å²) < 4.78 is 5.54. The van der Waals surface area contributed by atoms with E-state index in [4.69, 9.17) is 14.8 Å². The third-order valence-electron chi connectivity index (χ3n) is 5.12. The van der Waals surface area contributed by atoms with Gasteiger partial charge < -0.3 is 4.74 Å². The number of para-hydroxylation sites is 1. The molecule has 0 unspecified atom stereocenters. The number of benzene rings is 3. The molecular weight excluding hydrogens is 384 g/mol. The monoisotopic (exact) mass is 402 g/mol. The van der Waals surface area contributed by atoms with Crippen molar-refractivity contribution in [1.82, 2.24) is 10.3 Å². The molecule has 0 saturated carbocycles. The Morgan fingerprint density at radius 3 is 2.59 bits per heavy atom. The summed E-state index contributed by atoms with van der Waals surface area (Å²) in [5.74, 6) is 0.629. The summed E-state index contributed by atoms with van der Waals surface area (Å²) in [6.45, 7) is 0. The van der Waals surface area contributed by atoms with Crippen molar-refractivity contribution in [3.8, 4) is 5.75 Å². The quantitative estimate of drug-likeness (QED) is 0.715. The van der Waals surface area contributed by atoms with Gasteiger partial charge >= 0.3 is 0 Å². The van der Waals surface area contributed by atoms with Crippen LogP contribution in [0.25, 0.3) is 16.5 Å². The molecule has 1 atom stereocenters. The van der Waals surface area contributed by atoms with Gasteiger partial charge in [-0.15, -0.1) is 5.10 Å². The first-order valence-corrected chi connectivity index (χ1v) is 10.4. The molecule has 144 valence electrons. The number of carbonyl (C=O) groups is 1. The predicted octanol–water partition coefficient (Wildman–Crippen LogP) is 2.35. The van der Waals surface area contributed by atoms with Crippen LogP contribution in [0.5, 0.6) is 5.75 Å². The number of amidine groups is 1. The lowest BCUT2D eigenvalue weighted by Gasteiger charge is -2.34. The summed E-state index contributed by atoms with van der Waals surface area (Å²) in [6, 6.07) is 19.7. The average molecular weight is 402 g/mol. The van der Waals surface area contributed by atoms with E-state index < -0.39 is 6.17 Å². The molecule has 2 aliphatic rings. The molecule has 0 bridgehead atoms. The van der Waals surface area contributed by atoms with Crippen molar-refractivity contribution in [3.63, 3.8) is 0 Å². The van der Waals surface area contributed by atoms with Gasteiger partial charge in [-0.05, 0) is 23.8 Å². The van der Waals surface area contributed by atoms with E-state index in [0.717, 1.165) is 32.7 Å². The number of rotatable bonds is 2. The van der Waals surface area contributed by atoms with E-state index in [1.54, 1.807) is 12.1 Å². The first-order valence-electron chi connectivity index (χ1n) is 9.17. The zero-order valence-electron chi connectivity index (χ0n) is 15.9. The fourth-order valence-electron chi connectivity index (χ4n) is 3.82. The molecule has 0 saturated heterocycles. The van der Waals surface area contributed by atoms with E-state index in [1.807, 2.05) is 66.9 Å². The van der Waals surface area contributed by atoms with Crippen LogP contribution in [0.1, 0.15) is 11.7 Å². The molecular formula is C22H18N4O2S. The molecule has 1 N–H and O–H groups in total. The summed E-state index contributed by atoms with van der Waals surface area (Å²) in [7, 11) is 1.67. The van der Waals surface area contributed by atoms with Crippen LogP contribution in [-0.2, 0) is 4.79 Å². The van der Waals surface area contributed by atoms with E-state index >= 15 is 0 Å². The second-order valence-electron chi connectivity index (χ2n) is 6.68. The first kappa shape index (κ1) is 17.8. The summed E-state index contributed by atoms with van der Waals surface area (Å²) in [4.78, 5) is 17.9. The third kappa shape index (κ3) is 2.77. The predicted molar refractivity (Wildman–Crippen MR) is 115 cm³/mol. The molecule has 3 aromatic rings. The van der Waals surface area contributed by atoms with Gasteiger partial charge in [0.15, 0.2) is 11.3 Å². The standard InChI is InChI=1S/C22H18N4O2S/c1-28-18-12-11-15(13-7-3-4-8-14(13)18)20-23-17-10-6-5-9-16(17)19-21(27)24-22(29-2)25-26(19)20/h3-12,20H,1-2H3,(H,24,25,27)/t20-/m1/s1. The molecule has 2 heterocycles. The van der Waals surface area contributed by atoms with Crippen molar-refractivity contribution >= 4 is 39.3 Å². The largest absolute Gasteiger partial charge is 0.496 e. The smallest absolute Gasteiger partial charge is 0.276 e. The van der Waals surface area contributed by atoms with Crippen molar-refractivity contribution in [2.45, 2.75) is 6.17 Å². The van der Waals surface area contributed by atoms with Crippen LogP contribution in [0, 0.1) is 0 Å². The second-order valence-corrected chi connectivity index (χ2v) is 7.47. The van der Waals surface area contributed by atoms with E-state index in [9.17, 15) is 4.79 Å². The lowest BCUT2D eigenvalue weighted by molar-refractivity contribution is -0.116. The summed E-state index contributed by atoms with van der Waals surface area (Å²) >= 11 is 1.39. The molecule has 0 aromatic heterocycles. The highest BCUT2D eigenvalue weighted by atomic mass is 32.2. The fraction of sp³-hybridized carbons (Fsp3) is 0.136. The second kappa shape index (κ2) is 6.93. The maximum atomic E-state index is 13.0. The number of hydrogen-bond donors (Lipinski definition) is 1. The molecule has 0 radical (unpaired) electrons. The number of carbonyl (C=O) groups excluding carboxylic acids is 1. The summed E-state index contributed by atoms with van der Waals surface area (Å²) in [5, 5.41) is 13.4. The molecule has 1 amide bonds. The van der Waals surface area contributed by atoms with Gasteiger partial charge in [-0.1, -0.05) is 60.3 Å². The highest BCUT2D eigenvalue weighted by molar-refractivity contribution is 8.13. The molecule has 7 heteroatoms. The number of thioether (sulfide) groups is 1. The zero-order chi connectivity index (χ0) is 20.0. The van der Waals surface area contributed by atoms with Crippen LogP contribution in [0.15, 0.2) is 70.8 Å². The van der Waals surface area contributed by atoms with Crippen LogP contribution in [-0.4, -0.2) is 29.4 Å². The summed E-state index contributed by atoms with van der Waals surface area (Å²) in [6.07, 6.45) is 1.43. The van der Waals surface area contributed by atoms with Crippen molar-refractivity contribution in [3.05, 3.63) is 76.8 Å². The number of ether oxygens (including phenoxy) is 1. The minimum absolute atomic E-state index is 0.172. The van der Waals surface area contributed by atoms with Gasteiger partial charge in [-0.25, -0.2) is 5.01 Å². The van der Waals surface area contributed by atoms with Gasteiger partial charge in [0.05, 0.1) is 12.5 Å². The zero-order valence-corrected chi connectivity index (χ0v) is 16.7. The number of hydrogen-bond acceptors (Lipinski definition) is 6. The minimum atomic E-state index is -0.455. The van der Waals surface area contributed by atoms with Gasteiger partial charge in [-0.3, -0.25) is 15.1 Å². The van der Waals surface area contributed by atoms with Crippen molar-refractivity contribution in [2.75, 3.05) is 13.4 Å². The minimum Gasteiger partial charge on any atom is -0.496 e. The highest BCUT2D eigenvalue weighted by Gasteiger charge is 2.34. The maximum absolute atomic E-state index is 13.0. The number of amides is 1. The molecule has 0 spiro atoms.